The summed E-state index contributed by atoms with van der Waals surface area (Å²) in [5.41, 5.74) is 1.08. The summed E-state index contributed by atoms with van der Waals surface area (Å²) in [5, 5.41) is 8.76. The number of benzene rings is 1. The van der Waals surface area contributed by atoms with E-state index in [-0.39, 0.29) is 11.9 Å². The van der Waals surface area contributed by atoms with Crippen molar-refractivity contribution in [2.45, 2.75) is 57.4 Å². The highest BCUT2D eigenvalue weighted by Crippen LogP contribution is 2.17. The second kappa shape index (κ2) is 11.4. The summed E-state index contributed by atoms with van der Waals surface area (Å²) in [4.78, 5) is 23.7. The van der Waals surface area contributed by atoms with Crippen molar-refractivity contribution in [3.63, 3.8) is 0 Å². The van der Waals surface area contributed by atoms with Crippen LogP contribution in [0.2, 0.25) is 0 Å². The molecular weight excluding hydrogens is 330 g/mol. The third-order valence-corrected chi connectivity index (χ3v) is 4.72. The predicted molar refractivity (Wildman–Crippen MR) is 102 cm³/mol. The van der Waals surface area contributed by atoms with Gasteiger partial charge in [0.25, 0.3) is 0 Å². The van der Waals surface area contributed by atoms with Gasteiger partial charge in [-0.15, -0.1) is 0 Å². The molecule has 6 nitrogen and oxygen atoms in total. The Balaban J connectivity index is 1.52. The van der Waals surface area contributed by atoms with Crippen LogP contribution in [-0.2, 0) is 11.2 Å². The van der Waals surface area contributed by atoms with Crippen LogP contribution >= 0.6 is 0 Å². The van der Waals surface area contributed by atoms with Crippen LogP contribution in [-0.4, -0.2) is 38.2 Å². The second-order valence-electron chi connectivity index (χ2n) is 6.75. The Hall–Kier alpha value is -2.24. The smallest absolute Gasteiger partial charge is 0.315 e. The fourth-order valence-corrected chi connectivity index (χ4v) is 3.27. The van der Waals surface area contributed by atoms with Crippen molar-refractivity contribution in [1.29, 1.82) is 0 Å². The third-order valence-electron chi connectivity index (χ3n) is 4.72. The first-order valence-corrected chi connectivity index (χ1v) is 9.62. The molecule has 26 heavy (non-hydrogen) atoms. The minimum Gasteiger partial charge on any atom is -0.496 e. The van der Waals surface area contributed by atoms with Crippen LogP contribution in [0.5, 0.6) is 5.75 Å². The van der Waals surface area contributed by atoms with Crippen LogP contribution in [0.1, 0.15) is 50.5 Å². The number of methoxy groups -OCH3 is 1. The quantitative estimate of drug-likeness (QED) is 0.592. The fourth-order valence-electron chi connectivity index (χ4n) is 3.27. The van der Waals surface area contributed by atoms with E-state index in [0.717, 1.165) is 30.6 Å². The van der Waals surface area contributed by atoms with Gasteiger partial charge in [-0.25, -0.2) is 4.79 Å². The molecule has 0 bridgehead atoms. The zero-order valence-electron chi connectivity index (χ0n) is 15.7. The summed E-state index contributed by atoms with van der Waals surface area (Å²) in [6.45, 7) is 1.09. The summed E-state index contributed by atoms with van der Waals surface area (Å²) < 4.78 is 5.30. The summed E-state index contributed by atoms with van der Waals surface area (Å²) in [6, 6.07) is 8.00. The molecule has 0 aliphatic heterocycles. The second-order valence-corrected chi connectivity index (χ2v) is 6.75. The summed E-state index contributed by atoms with van der Waals surface area (Å²) in [6.07, 6.45) is 7.59. The topological polar surface area (TPSA) is 79.5 Å². The standard InChI is InChI=1S/C20H31N3O3/c1-26-18-11-6-5-8-16(18)13-15-21-19(24)12-7-14-22-20(25)23-17-9-3-2-4-10-17/h5-6,8,11,17H,2-4,7,9-10,12-15H2,1H3,(H,21,24)(H2,22,23,25). The number of carbonyl (C=O) groups is 2. The Morgan fingerprint density at radius 3 is 2.62 bits per heavy atom. The number of hydrogen-bond acceptors (Lipinski definition) is 3. The molecule has 1 fully saturated rings. The summed E-state index contributed by atoms with van der Waals surface area (Å²) in [7, 11) is 1.65. The third kappa shape index (κ3) is 7.33. The van der Waals surface area contributed by atoms with Crippen molar-refractivity contribution in [2.24, 2.45) is 0 Å². The van der Waals surface area contributed by atoms with Gasteiger partial charge < -0.3 is 20.7 Å². The average Bonchev–Trinajstić information content (AvgIpc) is 2.66. The molecular formula is C20H31N3O3. The first-order valence-electron chi connectivity index (χ1n) is 9.62. The maximum atomic E-state index is 11.9. The first kappa shape index (κ1) is 20.1. The van der Waals surface area contributed by atoms with Gasteiger partial charge in [-0.3, -0.25) is 4.79 Å². The molecule has 0 spiro atoms. The zero-order valence-corrected chi connectivity index (χ0v) is 15.7. The minimum atomic E-state index is -0.117. The molecule has 0 atom stereocenters. The average molecular weight is 361 g/mol. The SMILES string of the molecule is COc1ccccc1CCNC(=O)CCCNC(=O)NC1CCCCC1. The molecule has 1 aromatic rings. The highest BCUT2D eigenvalue weighted by atomic mass is 16.5. The molecule has 1 saturated carbocycles. The van der Waals surface area contributed by atoms with Crippen molar-refractivity contribution in [3.8, 4) is 5.75 Å². The van der Waals surface area contributed by atoms with E-state index in [9.17, 15) is 9.59 Å². The monoisotopic (exact) mass is 361 g/mol. The van der Waals surface area contributed by atoms with E-state index < -0.39 is 0 Å². The van der Waals surface area contributed by atoms with Gasteiger partial charge in [0.1, 0.15) is 5.75 Å². The van der Waals surface area contributed by atoms with Gasteiger partial charge in [-0.1, -0.05) is 37.5 Å². The van der Waals surface area contributed by atoms with Crippen molar-refractivity contribution in [1.82, 2.24) is 16.0 Å². The van der Waals surface area contributed by atoms with Gasteiger partial charge in [0.15, 0.2) is 0 Å². The number of para-hydroxylation sites is 1. The predicted octanol–water partition coefficient (Wildman–Crippen LogP) is 2.77. The molecule has 1 aliphatic rings. The molecule has 0 radical (unpaired) electrons. The number of carbonyl (C=O) groups excluding carboxylic acids is 2. The molecule has 0 saturated heterocycles. The van der Waals surface area contributed by atoms with Crippen LogP contribution in [0, 0.1) is 0 Å². The molecule has 2 rings (SSSR count). The van der Waals surface area contributed by atoms with E-state index in [1.54, 1.807) is 7.11 Å². The maximum absolute atomic E-state index is 11.9. The Bertz CT molecular complexity index is 571. The number of amides is 3. The van der Waals surface area contributed by atoms with Crippen molar-refractivity contribution < 1.29 is 14.3 Å². The normalized spacial score (nSPS) is 14.5. The molecule has 1 aromatic carbocycles. The Morgan fingerprint density at radius 1 is 1.08 bits per heavy atom. The van der Waals surface area contributed by atoms with E-state index in [1.165, 1.54) is 19.3 Å². The zero-order chi connectivity index (χ0) is 18.6. The van der Waals surface area contributed by atoms with Gasteiger partial charge in [0, 0.05) is 25.6 Å². The molecule has 3 N–H and O–H groups in total. The largest absolute Gasteiger partial charge is 0.496 e. The lowest BCUT2D eigenvalue weighted by Gasteiger charge is -2.22. The van der Waals surface area contributed by atoms with Crippen LogP contribution in [0.25, 0.3) is 0 Å². The maximum Gasteiger partial charge on any atom is 0.315 e. The lowest BCUT2D eigenvalue weighted by atomic mass is 9.96. The van der Waals surface area contributed by atoms with Crippen molar-refractivity contribution in [3.05, 3.63) is 29.8 Å². The summed E-state index contributed by atoms with van der Waals surface area (Å²) in [5.74, 6) is 0.851. The van der Waals surface area contributed by atoms with E-state index in [4.69, 9.17) is 4.74 Å². The highest BCUT2D eigenvalue weighted by Gasteiger charge is 2.15. The van der Waals surface area contributed by atoms with Crippen LogP contribution < -0.4 is 20.7 Å². The highest BCUT2D eigenvalue weighted by molar-refractivity contribution is 5.76. The van der Waals surface area contributed by atoms with Gasteiger partial charge in [-0.05, 0) is 37.3 Å². The van der Waals surface area contributed by atoms with Crippen LogP contribution in [0.3, 0.4) is 0 Å². The van der Waals surface area contributed by atoms with Gasteiger partial charge in [-0.2, -0.15) is 0 Å². The molecule has 6 heteroatoms. The molecule has 144 valence electrons. The number of nitrogens with one attached hydrogen (secondary N) is 3. The molecule has 0 unspecified atom stereocenters. The Labute approximate surface area is 156 Å². The first-order chi connectivity index (χ1) is 12.7. The number of urea groups is 1. The van der Waals surface area contributed by atoms with E-state index in [2.05, 4.69) is 16.0 Å². The van der Waals surface area contributed by atoms with Crippen molar-refractivity contribution >= 4 is 11.9 Å². The molecule has 0 heterocycles. The summed E-state index contributed by atoms with van der Waals surface area (Å²) >= 11 is 0. The number of ether oxygens (including phenoxy) is 1. The fraction of sp³-hybridized carbons (Fsp3) is 0.600. The molecule has 0 aromatic heterocycles. The lowest BCUT2D eigenvalue weighted by molar-refractivity contribution is -0.121. The molecule has 1 aliphatic carbocycles. The van der Waals surface area contributed by atoms with Crippen LogP contribution in [0.4, 0.5) is 4.79 Å². The van der Waals surface area contributed by atoms with Gasteiger partial charge in [0.05, 0.1) is 7.11 Å². The van der Waals surface area contributed by atoms with Crippen molar-refractivity contribution in [2.75, 3.05) is 20.2 Å². The van der Waals surface area contributed by atoms with E-state index >= 15 is 0 Å². The van der Waals surface area contributed by atoms with Gasteiger partial charge >= 0.3 is 6.03 Å². The van der Waals surface area contributed by atoms with E-state index in [1.807, 2.05) is 24.3 Å². The lowest BCUT2D eigenvalue weighted by Crippen LogP contribution is -2.43. The number of hydrogen-bond donors (Lipinski definition) is 3. The Kier molecular flexibility index (Phi) is 8.79. The molecule has 3 amide bonds. The minimum absolute atomic E-state index is 0.00869. The van der Waals surface area contributed by atoms with Gasteiger partial charge in [0.2, 0.25) is 5.91 Å². The number of rotatable bonds is 9. The van der Waals surface area contributed by atoms with Crippen LogP contribution in [0.15, 0.2) is 24.3 Å². The Morgan fingerprint density at radius 2 is 1.85 bits per heavy atom. The van der Waals surface area contributed by atoms with E-state index in [0.29, 0.717) is 32.0 Å².